The van der Waals surface area contributed by atoms with Gasteiger partial charge < -0.3 is 20.1 Å². The summed E-state index contributed by atoms with van der Waals surface area (Å²) in [5, 5.41) is 7.13. The number of benzene rings is 1. The van der Waals surface area contributed by atoms with Gasteiger partial charge in [-0.05, 0) is 57.9 Å². The predicted molar refractivity (Wildman–Crippen MR) is 108 cm³/mol. The highest BCUT2D eigenvalue weighted by Gasteiger charge is 2.43. The Morgan fingerprint density at radius 2 is 2.07 bits per heavy atom. The van der Waals surface area contributed by atoms with Crippen molar-refractivity contribution in [2.75, 3.05) is 19.7 Å². The molecule has 2 unspecified atom stereocenters. The van der Waals surface area contributed by atoms with Gasteiger partial charge in [-0.2, -0.15) is 0 Å². The molecule has 148 valence electrons. The fraction of sp³-hybridized carbons (Fsp3) is 0.682. The molecule has 1 saturated carbocycles. The van der Waals surface area contributed by atoms with E-state index in [2.05, 4.69) is 41.8 Å². The van der Waals surface area contributed by atoms with Gasteiger partial charge in [-0.25, -0.2) is 0 Å². The molecule has 1 aliphatic carbocycles. The summed E-state index contributed by atoms with van der Waals surface area (Å²) < 4.78 is 12.2. The predicted octanol–water partition coefficient (Wildman–Crippen LogP) is 3.95. The Morgan fingerprint density at radius 1 is 1.22 bits per heavy atom. The summed E-state index contributed by atoms with van der Waals surface area (Å²) in [7, 11) is 0. The number of nitrogens with zero attached hydrogens (tertiary/aromatic N) is 1. The van der Waals surface area contributed by atoms with Crippen LogP contribution in [0, 0.1) is 0 Å². The first-order chi connectivity index (χ1) is 13.3. The lowest BCUT2D eigenvalue weighted by Gasteiger charge is -2.40. The Kier molecular flexibility index (Phi) is 5.86. The SMILES string of the molecule is CCNC(=NCCC1CCCO1)NC1CC2(CCCC2)Oc2ccccc21. The molecule has 1 aromatic carbocycles. The Morgan fingerprint density at radius 3 is 2.85 bits per heavy atom. The average molecular weight is 372 g/mol. The van der Waals surface area contributed by atoms with Crippen LogP contribution in [0.15, 0.2) is 29.3 Å². The lowest BCUT2D eigenvalue weighted by Crippen LogP contribution is -2.46. The van der Waals surface area contributed by atoms with E-state index in [-0.39, 0.29) is 11.6 Å². The summed E-state index contributed by atoms with van der Waals surface area (Å²) in [5.74, 6) is 1.95. The molecule has 4 rings (SSSR count). The number of para-hydroxylation sites is 1. The molecule has 0 aromatic heterocycles. The maximum Gasteiger partial charge on any atom is 0.191 e. The zero-order valence-electron chi connectivity index (χ0n) is 16.5. The van der Waals surface area contributed by atoms with E-state index in [1.54, 1.807) is 0 Å². The van der Waals surface area contributed by atoms with E-state index < -0.39 is 0 Å². The molecule has 0 amide bonds. The van der Waals surface area contributed by atoms with Crippen LogP contribution < -0.4 is 15.4 Å². The molecular weight excluding hydrogens is 338 g/mol. The second kappa shape index (κ2) is 8.51. The summed E-state index contributed by atoms with van der Waals surface area (Å²) in [6.45, 7) is 4.69. The van der Waals surface area contributed by atoms with Crippen molar-refractivity contribution in [3.63, 3.8) is 0 Å². The zero-order valence-corrected chi connectivity index (χ0v) is 16.5. The van der Waals surface area contributed by atoms with Crippen LogP contribution in [-0.2, 0) is 4.74 Å². The molecule has 1 aromatic rings. The number of hydrogen-bond acceptors (Lipinski definition) is 3. The minimum atomic E-state index is 0.00102. The molecule has 2 aliphatic heterocycles. The minimum Gasteiger partial charge on any atom is -0.487 e. The highest BCUT2D eigenvalue weighted by atomic mass is 16.5. The highest BCUT2D eigenvalue weighted by Crippen LogP contribution is 2.46. The summed E-state index contributed by atoms with van der Waals surface area (Å²) in [6.07, 6.45) is 9.63. The molecule has 2 heterocycles. The molecular formula is C22H33N3O2. The van der Waals surface area contributed by atoms with Crippen LogP contribution in [0.4, 0.5) is 0 Å². The van der Waals surface area contributed by atoms with Crippen LogP contribution in [-0.4, -0.2) is 37.4 Å². The molecule has 3 aliphatic rings. The number of fused-ring (bicyclic) bond motifs is 1. The molecule has 0 radical (unpaired) electrons. The lowest BCUT2D eigenvalue weighted by molar-refractivity contribution is 0.0396. The quantitative estimate of drug-likeness (QED) is 0.608. The van der Waals surface area contributed by atoms with Gasteiger partial charge in [0.15, 0.2) is 5.96 Å². The maximum absolute atomic E-state index is 6.48. The molecule has 2 atom stereocenters. The Balaban J connectivity index is 1.47. The van der Waals surface area contributed by atoms with Gasteiger partial charge in [-0.1, -0.05) is 18.2 Å². The van der Waals surface area contributed by atoms with Crippen LogP contribution in [0.25, 0.3) is 0 Å². The van der Waals surface area contributed by atoms with Crippen LogP contribution in [0.5, 0.6) is 5.75 Å². The first-order valence-electron chi connectivity index (χ1n) is 10.7. The highest BCUT2D eigenvalue weighted by molar-refractivity contribution is 5.80. The van der Waals surface area contributed by atoms with Crippen LogP contribution in [0.2, 0.25) is 0 Å². The van der Waals surface area contributed by atoms with Gasteiger partial charge in [0.05, 0.1) is 12.1 Å². The normalized spacial score (nSPS) is 26.6. The smallest absolute Gasteiger partial charge is 0.191 e. The number of rotatable bonds is 5. The molecule has 2 N–H and O–H groups in total. The Labute approximate surface area is 162 Å². The minimum absolute atomic E-state index is 0.00102. The van der Waals surface area contributed by atoms with Crippen molar-refractivity contribution < 1.29 is 9.47 Å². The van der Waals surface area contributed by atoms with Gasteiger partial charge >= 0.3 is 0 Å². The number of guanidine groups is 1. The van der Waals surface area contributed by atoms with Gasteiger partial charge in [-0.3, -0.25) is 4.99 Å². The van der Waals surface area contributed by atoms with E-state index in [1.807, 2.05) is 0 Å². The average Bonchev–Trinajstić information content (AvgIpc) is 3.34. The van der Waals surface area contributed by atoms with Crippen LogP contribution >= 0.6 is 0 Å². The van der Waals surface area contributed by atoms with E-state index in [4.69, 9.17) is 14.5 Å². The van der Waals surface area contributed by atoms with Gasteiger partial charge in [0.25, 0.3) is 0 Å². The van der Waals surface area contributed by atoms with Gasteiger partial charge in [0, 0.05) is 31.7 Å². The molecule has 27 heavy (non-hydrogen) atoms. The van der Waals surface area contributed by atoms with E-state index in [0.717, 1.165) is 57.1 Å². The first-order valence-corrected chi connectivity index (χ1v) is 10.7. The van der Waals surface area contributed by atoms with Gasteiger partial charge in [-0.15, -0.1) is 0 Å². The van der Waals surface area contributed by atoms with Crippen LogP contribution in [0.1, 0.15) is 69.9 Å². The maximum atomic E-state index is 6.48. The lowest BCUT2D eigenvalue weighted by atomic mass is 9.86. The summed E-state index contributed by atoms with van der Waals surface area (Å²) in [6, 6.07) is 8.72. The van der Waals surface area contributed by atoms with Crippen LogP contribution in [0.3, 0.4) is 0 Å². The monoisotopic (exact) mass is 371 g/mol. The van der Waals surface area contributed by atoms with E-state index in [0.29, 0.717) is 6.10 Å². The second-order valence-corrected chi connectivity index (χ2v) is 8.12. The standard InChI is InChI=1S/C22H33N3O2/c1-2-23-21(24-14-11-17-8-7-15-26-17)25-19-16-22(12-5-6-13-22)27-20-10-4-3-9-18(19)20/h3-4,9-10,17,19H,2,5-8,11-16H2,1H3,(H2,23,24,25). The third-order valence-electron chi connectivity index (χ3n) is 6.11. The molecule has 5 nitrogen and oxygen atoms in total. The zero-order chi connectivity index (χ0) is 18.5. The van der Waals surface area contributed by atoms with E-state index in [1.165, 1.54) is 31.2 Å². The largest absolute Gasteiger partial charge is 0.487 e. The van der Waals surface area contributed by atoms with Crippen molar-refractivity contribution in [1.29, 1.82) is 0 Å². The van der Waals surface area contributed by atoms with Crippen molar-refractivity contribution in [2.24, 2.45) is 4.99 Å². The fourth-order valence-corrected chi connectivity index (χ4v) is 4.75. The van der Waals surface area contributed by atoms with Gasteiger partial charge in [0.2, 0.25) is 0 Å². The van der Waals surface area contributed by atoms with E-state index >= 15 is 0 Å². The number of ether oxygens (including phenoxy) is 2. The molecule has 5 heteroatoms. The molecule has 2 fully saturated rings. The van der Waals surface area contributed by atoms with E-state index in [9.17, 15) is 0 Å². The third kappa shape index (κ3) is 4.40. The van der Waals surface area contributed by atoms with Gasteiger partial charge in [0.1, 0.15) is 11.4 Å². The first kappa shape index (κ1) is 18.6. The Hall–Kier alpha value is -1.75. The number of aliphatic imine (C=N–C) groups is 1. The van der Waals surface area contributed by atoms with Crippen molar-refractivity contribution in [2.45, 2.75) is 76.0 Å². The van der Waals surface area contributed by atoms with Crippen molar-refractivity contribution in [1.82, 2.24) is 10.6 Å². The summed E-state index contributed by atoms with van der Waals surface area (Å²) in [4.78, 5) is 4.83. The van der Waals surface area contributed by atoms with Crippen molar-refractivity contribution >= 4 is 5.96 Å². The number of nitrogens with one attached hydrogen (secondary N) is 2. The fourth-order valence-electron chi connectivity index (χ4n) is 4.75. The molecule has 0 bridgehead atoms. The molecule has 1 spiro atoms. The van der Waals surface area contributed by atoms with Crippen molar-refractivity contribution in [3.8, 4) is 5.75 Å². The van der Waals surface area contributed by atoms with Crippen molar-refractivity contribution in [3.05, 3.63) is 29.8 Å². The third-order valence-corrected chi connectivity index (χ3v) is 6.11. The second-order valence-electron chi connectivity index (χ2n) is 8.12. The summed E-state index contributed by atoms with van der Waals surface area (Å²) in [5.41, 5.74) is 1.25. The Bertz CT molecular complexity index is 649. The topological polar surface area (TPSA) is 54.9 Å². The number of hydrogen-bond donors (Lipinski definition) is 2. The molecule has 1 saturated heterocycles. The summed E-state index contributed by atoms with van der Waals surface area (Å²) >= 11 is 0.